The summed E-state index contributed by atoms with van der Waals surface area (Å²) >= 11 is 0. The Morgan fingerprint density at radius 3 is 2.65 bits per heavy atom. The van der Waals surface area contributed by atoms with Gasteiger partial charge in [0.15, 0.2) is 5.96 Å². The molecule has 0 aliphatic carbocycles. The van der Waals surface area contributed by atoms with Gasteiger partial charge in [-0.3, -0.25) is 4.99 Å². The van der Waals surface area contributed by atoms with E-state index >= 15 is 0 Å². The highest BCUT2D eigenvalue weighted by molar-refractivity contribution is 14.0. The van der Waals surface area contributed by atoms with Crippen molar-refractivity contribution in [2.45, 2.75) is 27.2 Å². The van der Waals surface area contributed by atoms with E-state index in [4.69, 9.17) is 6.42 Å². The van der Waals surface area contributed by atoms with Crippen LogP contribution in [0.1, 0.15) is 23.6 Å². The molecule has 1 aromatic carbocycles. The number of hydrogen-bond acceptors (Lipinski definition) is 1. The molecule has 110 valence electrons. The van der Waals surface area contributed by atoms with Crippen LogP contribution in [0.4, 0.5) is 0 Å². The lowest BCUT2D eigenvalue weighted by atomic mass is 10.0. The maximum absolute atomic E-state index is 5.23. The number of hydrogen-bond donors (Lipinski definition) is 2. The summed E-state index contributed by atoms with van der Waals surface area (Å²) in [7, 11) is 0. The minimum atomic E-state index is 0. The van der Waals surface area contributed by atoms with Gasteiger partial charge in [-0.05, 0) is 38.3 Å². The van der Waals surface area contributed by atoms with E-state index in [2.05, 4.69) is 53.6 Å². The van der Waals surface area contributed by atoms with Gasteiger partial charge in [0.1, 0.15) is 0 Å². The Bertz CT molecular complexity index is 475. The van der Waals surface area contributed by atoms with Crippen molar-refractivity contribution in [2.24, 2.45) is 4.99 Å². The van der Waals surface area contributed by atoms with Gasteiger partial charge in [-0.25, -0.2) is 0 Å². The van der Waals surface area contributed by atoms with Gasteiger partial charge in [-0.1, -0.05) is 29.7 Å². The van der Waals surface area contributed by atoms with Crippen LogP contribution in [0.25, 0.3) is 0 Å². The van der Waals surface area contributed by atoms with E-state index in [0.29, 0.717) is 6.54 Å². The van der Waals surface area contributed by atoms with E-state index in [0.717, 1.165) is 25.5 Å². The molecule has 0 saturated carbocycles. The van der Waals surface area contributed by atoms with Gasteiger partial charge < -0.3 is 10.6 Å². The molecule has 0 unspecified atom stereocenters. The van der Waals surface area contributed by atoms with Crippen LogP contribution in [-0.2, 0) is 6.42 Å². The number of nitrogens with zero attached hydrogens (tertiary/aromatic N) is 1. The zero-order valence-corrected chi connectivity index (χ0v) is 14.8. The van der Waals surface area contributed by atoms with E-state index in [1.807, 2.05) is 6.92 Å². The molecule has 2 N–H and O–H groups in total. The highest BCUT2D eigenvalue weighted by atomic mass is 127. The second kappa shape index (κ2) is 10.6. The standard InChI is InChI=1S/C16H23N3.HI/c1-5-10-18-16(17-6-2)19-11-9-15-8-7-13(3)12-14(15)4;/h1,7-8,12H,6,9-11H2,2-4H3,(H2,17,18,19);1H. The molecule has 0 bridgehead atoms. The van der Waals surface area contributed by atoms with Crippen molar-refractivity contribution in [3.05, 3.63) is 34.9 Å². The molecule has 3 nitrogen and oxygen atoms in total. The number of nitrogens with one attached hydrogen (secondary N) is 2. The van der Waals surface area contributed by atoms with E-state index in [1.165, 1.54) is 16.7 Å². The maximum atomic E-state index is 5.23. The average molecular weight is 385 g/mol. The summed E-state index contributed by atoms with van der Waals surface area (Å²) in [6, 6.07) is 6.54. The van der Waals surface area contributed by atoms with E-state index in [9.17, 15) is 0 Å². The van der Waals surface area contributed by atoms with Crippen LogP contribution in [0, 0.1) is 26.2 Å². The van der Waals surface area contributed by atoms with Crippen LogP contribution >= 0.6 is 24.0 Å². The Hall–Kier alpha value is -1.22. The molecule has 0 amide bonds. The Kier molecular flexibility index (Phi) is 9.91. The second-order valence-electron chi connectivity index (χ2n) is 4.50. The summed E-state index contributed by atoms with van der Waals surface area (Å²) in [5, 5.41) is 6.25. The summed E-state index contributed by atoms with van der Waals surface area (Å²) in [5.41, 5.74) is 3.98. The molecule has 0 aliphatic rings. The van der Waals surface area contributed by atoms with E-state index < -0.39 is 0 Å². The Balaban J connectivity index is 0.00000361. The number of rotatable bonds is 5. The third-order valence-corrected chi connectivity index (χ3v) is 2.85. The molecule has 20 heavy (non-hydrogen) atoms. The molecule has 1 rings (SSSR count). The van der Waals surface area contributed by atoms with Crippen molar-refractivity contribution >= 4 is 29.9 Å². The Morgan fingerprint density at radius 1 is 1.30 bits per heavy atom. The second-order valence-corrected chi connectivity index (χ2v) is 4.50. The topological polar surface area (TPSA) is 36.4 Å². The normalized spacial score (nSPS) is 10.4. The molecule has 0 aromatic heterocycles. The number of terminal acetylenes is 1. The minimum Gasteiger partial charge on any atom is -0.357 e. The van der Waals surface area contributed by atoms with Gasteiger partial charge >= 0.3 is 0 Å². The fraction of sp³-hybridized carbons (Fsp3) is 0.438. The first-order valence-corrected chi connectivity index (χ1v) is 6.69. The van der Waals surface area contributed by atoms with Gasteiger partial charge in [0, 0.05) is 13.1 Å². The molecule has 0 heterocycles. The SMILES string of the molecule is C#CCNC(=NCCc1ccc(C)cc1C)NCC.I. The van der Waals surface area contributed by atoms with Crippen LogP contribution in [0.2, 0.25) is 0 Å². The van der Waals surface area contributed by atoms with Crippen molar-refractivity contribution in [1.82, 2.24) is 10.6 Å². The molecule has 0 fully saturated rings. The van der Waals surface area contributed by atoms with E-state index in [-0.39, 0.29) is 24.0 Å². The van der Waals surface area contributed by atoms with Gasteiger partial charge in [0.2, 0.25) is 0 Å². The molecular weight excluding hydrogens is 361 g/mol. The van der Waals surface area contributed by atoms with Crippen LogP contribution < -0.4 is 10.6 Å². The number of aliphatic imine (C=N–C) groups is 1. The largest absolute Gasteiger partial charge is 0.357 e. The van der Waals surface area contributed by atoms with Crippen molar-refractivity contribution in [3.63, 3.8) is 0 Å². The monoisotopic (exact) mass is 385 g/mol. The molecule has 4 heteroatoms. The van der Waals surface area contributed by atoms with Gasteiger partial charge in [-0.15, -0.1) is 30.4 Å². The first kappa shape index (κ1) is 18.8. The summed E-state index contributed by atoms with van der Waals surface area (Å²) in [6.07, 6.45) is 6.17. The lowest BCUT2D eigenvalue weighted by molar-refractivity contribution is 0.854. The zero-order chi connectivity index (χ0) is 14.1. The quantitative estimate of drug-likeness (QED) is 0.354. The number of guanidine groups is 1. The smallest absolute Gasteiger partial charge is 0.192 e. The lowest BCUT2D eigenvalue weighted by Gasteiger charge is -2.09. The Morgan fingerprint density at radius 2 is 2.05 bits per heavy atom. The van der Waals surface area contributed by atoms with E-state index in [1.54, 1.807) is 0 Å². The third-order valence-electron chi connectivity index (χ3n) is 2.85. The predicted molar refractivity (Wildman–Crippen MR) is 97.8 cm³/mol. The number of halogens is 1. The molecule has 1 aromatic rings. The van der Waals surface area contributed by atoms with Gasteiger partial charge in [0.25, 0.3) is 0 Å². The van der Waals surface area contributed by atoms with Crippen LogP contribution in [-0.4, -0.2) is 25.6 Å². The van der Waals surface area contributed by atoms with Crippen molar-refractivity contribution in [2.75, 3.05) is 19.6 Å². The number of aryl methyl sites for hydroxylation is 2. The summed E-state index contributed by atoms with van der Waals surface area (Å²) in [6.45, 7) is 8.38. The van der Waals surface area contributed by atoms with Crippen LogP contribution in [0.5, 0.6) is 0 Å². The van der Waals surface area contributed by atoms with Gasteiger partial charge in [-0.2, -0.15) is 0 Å². The first-order valence-electron chi connectivity index (χ1n) is 6.69. The van der Waals surface area contributed by atoms with Gasteiger partial charge in [0.05, 0.1) is 6.54 Å². The highest BCUT2D eigenvalue weighted by Crippen LogP contribution is 2.11. The van der Waals surface area contributed by atoms with Crippen molar-refractivity contribution in [1.29, 1.82) is 0 Å². The highest BCUT2D eigenvalue weighted by Gasteiger charge is 1.99. The Labute approximate surface area is 139 Å². The molecule has 0 spiro atoms. The molecule has 0 saturated heterocycles. The first-order chi connectivity index (χ1) is 9.17. The van der Waals surface area contributed by atoms with Crippen molar-refractivity contribution in [3.8, 4) is 12.3 Å². The summed E-state index contributed by atoms with van der Waals surface area (Å²) in [5.74, 6) is 3.33. The van der Waals surface area contributed by atoms with Crippen LogP contribution in [0.3, 0.4) is 0 Å². The summed E-state index contributed by atoms with van der Waals surface area (Å²) in [4.78, 5) is 4.51. The molecule has 0 radical (unpaired) electrons. The lowest BCUT2D eigenvalue weighted by Crippen LogP contribution is -2.37. The summed E-state index contributed by atoms with van der Waals surface area (Å²) < 4.78 is 0. The van der Waals surface area contributed by atoms with Crippen molar-refractivity contribution < 1.29 is 0 Å². The average Bonchev–Trinajstić information content (AvgIpc) is 2.38. The number of benzene rings is 1. The third kappa shape index (κ3) is 6.80. The zero-order valence-electron chi connectivity index (χ0n) is 12.5. The van der Waals surface area contributed by atoms with Crippen LogP contribution in [0.15, 0.2) is 23.2 Å². The maximum Gasteiger partial charge on any atom is 0.192 e. The minimum absolute atomic E-state index is 0. The molecular formula is C16H24IN3. The predicted octanol–water partition coefficient (Wildman–Crippen LogP) is 2.65. The molecule has 0 atom stereocenters. The molecule has 0 aliphatic heterocycles. The fourth-order valence-electron chi connectivity index (χ4n) is 1.89. The fourth-order valence-corrected chi connectivity index (χ4v) is 1.89.